The predicted molar refractivity (Wildman–Crippen MR) is 96.7 cm³/mol. The molecule has 1 heterocycles. The number of thiazole rings is 1. The summed E-state index contributed by atoms with van der Waals surface area (Å²) in [6.45, 7) is 1.43. The molecule has 0 aliphatic rings. The van der Waals surface area contributed by atoms with Crippen LogP contribution in [0.2, 0.25) is 0 Å². The second kappa shape index (κ2) is 7.07. The maximum absolute atomic E-state index is 12.7. The smallest absolute Gasteiger partial charge is 0.258 e. The minimum absolute atomic E-state index is 0.153. The fourth-order valence-corrected chi connectivity index (χ4v) is 3.13. The molecule has 0 aliphatic heterocycles. The van der Waals surface area contributed by atoms with E-state index in [4.69, 9.17) is 0 Å². The number of aromatic nitrogens is 1. The minimum atomic E-state index is -0.340. The minimum Gasteiger partial charge on any atom is -0.298 e. The third-order valence-corrected chi connectivity index (χ3v) is 4.35. The van der Waals surface area contributed by atoms with Crippen molar-refractivity contribution in [1.29, 1.82) is 5.26 Å². The van der Waals surface area contributed by atoms with Crippen molar-refractivity contribution >= 4 is 28.2 Å². The Morgan fingerprint density at radius 1 is 1.08 bits per heavy atom. The first-order valence-electron chi connectivity index (χ1n) is 7.46. The van der Waals surface area contributed by atoms with Crippen LogP contribution in [0.15, 0.2) is 53.9 Å². The lowest BCUT2D eigenvalue weighted by Gasteiger charge is -2.10. The van der Waals surface area contributed by atoms with Crippen LogP contribution in [0, 0.1) is 11.3 Å². The second-order valence-electron chi connectivity index (χ2n) is 5.25. The van der Waals surface area contributed by atoms with Crippen LogP contribution in [-0.2, 0) is 0 Å². The Bertz CT molecular complexity index is 1000. The Kier molecular flexibility index (Phi) is 4.68. The van der Waals surface area contributed by atoms with E-state index in [1.165, 1.54) is 18.3 Å². The molecule has 0 atom stereocenters. The van der Waals surface area contributed by atoms with E-state index >= 15 is 0 Å². The second-order valence-corrected chi connectivity index (χ2v) is 6.11. The number of carbonyl (C=O) groups is 2. The van der Waals surface area contributed by atoms with Crippen molar-refractivity contribution in [3.63, 3.8) is 0 Å². The number of Topliss-reactive ketones (excluding diaryl/α,β-unsaturated/α-hetero) is 1. The van der Waals surface area contributed by atoms with E-state index in [0.29, 0.717) is 33.1 Å². The lowest BCUT2D eigenvalue weighted by atomic mass is 9.95. The molecule has 1 amide bonds. The van der Waals surface area contributed by atoms with Gasteiger partial charge in [0.15, 0.2) is 10.9 Å². The van der Waals surface area contributed by atoms with Crippen LogP contribution >= 0.6 is 11.3 Å². The first-order valence-corrected chi connectivity index (χ1v) is 8.34. The molecule has 122 valence electrons. The van der Waals surface area contributed by atoms with E-state index in [9.17, 15) is 14.9 Å². The number of rotatable bonds is 4. The van der Waals surface area contributed by atoms with Crippen molar-refractivity contribution < 1.29 is 9.59 Å². The number of anilines is 1. The average molecular weight is 347 g/mol. The van der Waals surface area contributed by atoms with Gasteiger partial charge >= 0.3 is 0 Å². The molecular weight excluding hydrogens is 334 g/mol. The van der Waals surface area contributed by atoms with Crippen LogP contribution in [0.4, 0.5) is 5.13 Å². The van der Waals surface area contributed by atoms with Gasteiger partial charge < -0.3 is 0 Å². The van der Waals surface area contributed by atoms with E-state index in [1.54, 1.807) is 35.7 Å². The van der Waals surface area contributed by atoms with Gasteiger partial charge in [0.25, 0.3) is 5.91 Å². The van der Waals surface area contributed by atoms with E-state index in [1.807, 2.05) is 18.2 Å². The molecule has 0 unspecified atom stereocenters. The summed E-state index contributed by atoms with van der Waals surface area (Å²) < 4.78 is 0. The predicted octanol–water partition coefficient (Wildman–Crippen LogP) is 4.14. The number of hydrogen-bond donors (Lipinski definition) is 1. The highest BCUT2D eigenvalue weighted by molar-refractivity contribution is 7.14. The normalized spacial score (nSPS) is 10.1. The molecule has 0 bridgehead atoms. The first-order chi connectivity index (χ1) is 12.1. The standard InChI is InChI=1S/C19H13N3O2S/c1-12(23)17-11-25-19(21-17)22-18(24)16-9-5-4-8-15(16)14-7-3-2-6-13(14)10-20/h2-9,11H,1H3,(H,21,22,24). The summed E-state index contributed by atoms with van der Waals surface area (Å²) in [6, 6.07) is 16.3. The molecule has 1 aromatic heterocycles. The van der Waals surface area contributed by atoms with Crippen molar-refractivity contribution in [2.24, 2.45) is 0 Å². The highest BCUT2D eigenvalue weighted by Crippen LogP contribution is 2.28. The Labute approximate surface area is 148 Å². The van der Waals surface area contributed by atoms with E-state index < -0.39 is 0 Å². The number of nitriles is 1. The molecule has 2 aromatic carbocycles. The van der Waals surface area contributed by atoms with Gasteiger partial charge in [-0.25, -0.2) is 4.98 Å². The van der Waals surface area contributed by atoms with Crippen LogP contribution in [0.5, 0.6) is 0 Å². The molecule has 3 aromatic rings. The fourth-order valence-electron chi connectivity index (χ4n) is 2.39. The largest absolute Gasteiger partial charge is 0.298 e. The summed E-state index contributed by atoms with van der Waals surface area (Å²) in [6.07, 6.45) is 0. The van der Waals surface area contributed by atoms with E-state index in [2.05, 4.69) is 16.4 Å². The molecule has 3 rings (SSSR count). The number of amides is 1. The van der Waals surface area contributed by atoms with Gasteiger partial charge in [-0.1, -0.05) is 36.4 Å². The fraction of sp³-hybridized carbons (Fsp3) is 0.0526. The Balaban J connectivity index is 1.96. The van der Waals surface area contributed by atoms with E-state index in [0.717, 1.165) is 0 Å². The molecule has 0 radical (unpaired) electrons. The number of hydrogen-bond acceptors (Lipinski definition) is 5. The molecule has 25 heavy (non-hydrogen) atoms. The van der Waals surface area contributed by atoms with Crippen LogP contribution in [0.1, 0.15) is 33.3 Å². The lowest BCUT2D eigenvalue weighted by molar-refractivity contribution is 0.100. The monoisotopic (exact) mass is 347 g/mol. The highest BCUT2D eigenvalue weighted by Gasteiger charge is 2.16. The quantitative estimate of drug-likeness (QED) is 0.719. The molecular formula is C19H13N3O2S. The highest BCUT2D eigenvalue weighted by atomic mass is 32.1. The topological polar surface area (TPSA) is 82.9 Å². The Morgan fingerprint density at radius 3 is 2.44 bits per heavy atom. The third-order valence-electron chi connectivity index (χ3n) is 3.59. The lowest BCUT2D eigenvalue weighted by Crippen LogP contribution is -2.13. The number of benzene rings is 2. The number of carbonyl (C=O) groups excluding carboxylic acids is 2. The zero-order chi connectivity index (χ0) is 17.8. The molecule has 0 aliphatic carbocycles. The molecule has 0 spiro atoms. The Morgan fingerprint density at radius 2 is 1.76 bits per heavy atom. The summed E-state index contributed by atoms with van der Waals surface area (Å²) in [7, 11) is 0. The number of nitrogens with zero attached hydrogens (tertiary/aromatic N) is 2. The molecule has 0 fully saturated rings. The zero-order valence-electron chi connectivity index (χ0n) is 13.3. The molecule has 0 saturated carbocycles. The maximum atomic E-state index is 12.7. The maximum Gasteiger partial charge on any atom is 0.258 e. The molecule has 0 saturated heterocycles. The summed E-state index contributed by atoms with van der Waals surface area (Å²) in [5.74, 6) is -0.493. The van der Waals surface area contributed by atoms with E-state index in [-0.39, 0.29) is 11.7 Å². The van der Waals surface area contributed by atoms with Gasteiger partial charge in [0.2, 0.25) is 0 Å². The van der Waals surface area contributed by atoms with Gasteiger partial charge in [-0.3, -0.25) is 14.9 Å². The zero-order valence-corrected chi connectivity index (χ0v) is 14.1. The van der Waals surface area contributed by atoms with Gasteiger partial charge in [0, 0.05) is 23.4 Å². The average Bonchev–Trinajstić information content (AvgIpc) is 3.10. The molecule has 5 nitrogen and oxygen atoms in total. The summed E-state index contributed by atoms with van der Waals surface area (Å²) >= 11 is 1.19. The summed E-state index contributed by atoms with van der Waals surface area (Å²) in [4.78, 5) is 28.1. The SMILES string of the molecule is CC(=O)c1csc(NC(=O)c2ccccc2-c2ccccc2C#N)n1. The van der Waals surface area contributed by atoms with Crippen LogP contribution in [0.25, 0.3) is 11.1 Å². The van der Waals surface area contributed by atoms with Crippen molar-refractivity contribution in [2.45, 2.75) is 6.92 Å². The van der Waals surface area contributed by atoms with Crippen LogP contribution in [-0.4, -0.2) is 16.7 Å². The summed E-state index contributed by atoms with van der Waals surface area (Å²) in [5, 5.41) is 14.0. The molecule has 1 N–H and O–H groups in total. The van der Waals surface area contributed by atoms with Gasteiger partial charge in [-0.05, 0) is 17.7 Å². The molecule has 6 heteroatoms. The van der Waals surface area contributed by atoms with Gasteiger partial charge in [-0.15, -0.1) is 11.3 Å². The van der Waals surface area contributed by atoms with Gasteiger partial charge in [0.05, 0.1) is 11.6 Å². The summed E-state index contributed by atoms with van der Waals surface area (Å²) in [5.41, 5.74) is 2.61. The van der Waals surface area contributed by atoms with Crippen molar-refractivity contribution in [3.8, 4) is 17.2 Å². The van der Waals surface area contributed by atoms with Crippen molar-refractivity contribution in [1.82, 2.24) is 4.98 Å². The number of nitrogens with one attached hydrogen (secondary N) is 1. The van der Waals surface area contributed by atoms with Crippen molar-refractivity contribution in [2.75, 3.05) is 5.32 Å². The van der Waals surface area contributed by atoms with Gasteiger partial charge in [-0.2, -0.15) is 5.26 Å². The van der Waals surface area contributed by atoms with Crippen molar-refractivity contribution in [3.05, 3.63) is 70.7 Å². The van der Waals surface area contributed by atoms with Crippen LogP contribution in [0.3, 0.4) is 0 Å². The van der Waals surface area contributed by atoms with Crippen LogP contribution < -0.4 is 5.32 Å². The third kappa shape index (κ3) is 3.47. The Hall–Kier alpha value is -3.30. The first kappa shape index (κ1) is 16.6. The number of ketones is 1. The van der Waals surface area contributed by atoms with Gasteiger partial charge in [0.1, 0.15) is 5.69 Å².